The fourth-order valence-electron chi connectivity index (χ4n) is 1.38. The summed E-state index contributed by atoms with van der Waals surface area (Å²) in [4.78, 5) is 15.6. The Hall–Kier alpha value is -1.90. The van der Waals surface area contributed by atoms with Crippen LogP contribution in [0.2, 0.25) is 0 Å². The number of fused-ring (bicyclic) bond motifs is 1. The van der Waals surface area contributed by atoms with E-state index in [2.05, 4.69) is 4.98 Å². The number of ether oxygens (including phenoxy) is 1. The molecule has 2 rings (SSSR count). The normalized spacial score (nSPS) is 9.35. The minimum absolute atomic E-state index is 0.357. The molecule has 17 heavy (non-hydrogen) atoms. The molecule has 0 unspecified atom stereocenters. The number of hydrogen-bond acceptors (Lipinski definition) is 3. The molecule has 90 valence electrons. The van der Waals surface area contributed by atoms with Crippen LogP contribution in [0.4, 0.5) is 0 Å². The highest BCUT2D eigenvalue weighted by molar-refractivity contribution is 5.90. The minimum Gasteiger partial charge on any atom is -0.461 e. The Balaban J connectivity index is 0.000000686. The molecule has 0 saturated heterocycles. The first-order valence-corrected chi connectivity index (χ1v) is 5.84. The molecule has 0 radical (unpaired) electrons. The highest BCUT2D eigenvalue weighted by atomic mass is 16.5. The summed E-state index contributed by atoms with van der Waals surface area (Å²) in [7, 11) is 0. The number of hydrogen-bond donors (Lipinski definition) is 0. The lowest BCUT2D eigenvalue weighted by Gasteiger charge is -2.02. The molecule has 1 aromatic heterocycles. The van der Waals surface area contributed by atoms with Crippen LogP contribution in [-0.4, -0.2) is 17.6 Å². The summed E-state index contributed by atoms with van der Waals surface area (Å²) in [6.07, 6.45) is 0. The lowest BCUT2D eigenvalue weighted by atomic mass is 10.2. The molecule has 0 atom stereocenters. The van der Waals surface area contributed by atoms with Gasteiger partial charge in [0, 0.05) is 5.39 Å². The fourth-order valence-corrected chi connectivity index (χ4v) is 1.38. The fraction of sp³-hybridized carbons (Fsp3) is 0.286. The molecule has 0 bridgehead atoms. The van der Waals surface area contributed by atoms with Crippen molar-refractivity contribution in [3.05, 3.63) is 42.1 Å². The van der Waals surface area contributed by atoms with Crippen molar-refractivity contribution in [1.29, 1.82) is 0 Å². The number of carbonyl (C=O) groups is 1. The second-order valence-electron chi connectivity index (χ2n) is 3.11. The number of pyridine rings is 1. The van der Waals surface area contributed by atoms with Crippen LogP contribution in [0.1, 0.15) is 31.3 Å². The van der Waals surface area contributed by atoms with Crippen molar-refractivity contribution in [3.8, 4) is 0 Å². The number of esters is 1. The van der Waals surface area contributed by atoms with Gasteiger partial charge in [0.25, 0.3) is 0 Å². The van der Waals surface area contributed by atoms with Gasteiger partial charge in [-0.2, -0.15) is 0 Å². The van der Waals surface area contributed by atoms with Crippen molar-refractivity contribution in [2.75, 3.05) is 6.61 Å². The molecule has 0 amide bonds. The van der Waals surface area contributed by atoms with Crippen molar-refractivity contribution in [1.82, 2.24) is 4.98 Å². The number of para-hydroxylation sites is 1. The largest absolute Gasteiger partial charge is 0.461 e. The summed E-state index contributed by atoms with van der Waals surface area (Å²) in [5.41, 5.74) is 1.17. The smallest absolute Gasteiger partial charge is 0.356 e. The van der Waals surface area contributed by atoms with E-state index >= 15 is 0 Å². The van der Waals surface area contributed by atoms with Crippen LogP contribution in [0.25, 0.3) is 10.9 Å². The van der Waals surface area contributed by atoms with Crippen molar-refractivity contribution < 1.29 is 9.53 Å². The van der Waals surface area contributed by atoms with Crippen LogP contribution in [0.5, 0.6) is 0 Å². The maximum absolute atomic E-state index is 11.4. The summed E-state index contributed by atoms with van der Waals surface area (Å²) in [5, 5.41) is 1.02. The van der Waals surface area contributed by atoms with Crippen LogP contribution in [0.15, 0.2) is 36.4 Å². The number of nitrogens with zero attached hydrogens (tertiary/aromatic N) is 1. The van der Waals surface area contributed by atoms with E-state index in [1.54, 1.807) is 13.0 Å². The Labute approximate surface area is 101 Å². The second-order valence-corrected chi connectivity index (χ2v) is 3.11. The molecule has 0 aliphatic rings. The highest BCUT2D eigenvalue weighted by Gasteiger charge is 2.07. The van der Waals surface area contributed by atoms with Gasteiger partial charge in [-0.05, 0) is 19.1 Å². The molecule has 0 spiro atoms. The van der Waals surface area contributed by atoms with Gasteiger partial charge in [-0.25, -0.2) is 9.78 Å². The Morgan fingerprint density at radius 1 is 1.18 bits per heavy atom. The van der Waals surface area contributed by atoms with Crippen LogP contribution < -0.4 is 0 Å². The standard InChI is InChI=1S/C12H11NO2.C2H6/c1-2-15-12(14)11-8-7-9-5-3-4-6-10(9)13-11;1-2/h3-8H,2H2,1H3;1-2H3. The molecule has 2 aromatic rings. The third-order valence-electron chi connectivity index (χ3n) is 2.08. The Morgan fingerprint density at radius 3 is 2.59 bits per heavy atom. The van der Waals surface area contributed by atoms with Gasteiger partial charge in [0.05, 0.1) is 12.1 Å². The SMILES string of the molecule is CC.CCOC(=O)c1ccc2ccccc2n1. The van der Waals surface area contributed by atoms with E-state index in [-0.39, 0.29) is 5.97 Å². The number of aromatic nitrogens is 1. The van der Waals surface area contributed by atoms with Crippen LogP contribution in [-0.2, 0) is 4.74 Å². The first kappa shape index (κ1) is 13.2. The van der Waals surface area contributed by atoms with Gasteiger partial charge in [-0.1, -0.05) is 38.1 Å². The van der Waals surface area contributed by atoms with E-state index in [0.29, 0.717) is 12.3 Å². The summed E-state index contributed by atoms with van der Waals surface area (Å²) in [5.74, 6) is -0.372. The van der Waals surface area contributed by atoms with Gasteiger partial charge in [-0.15, -0.1) is 0 Å². The van der Waals surface area contributed by atoms with E-state index in [1.165, 1.54) is 0 Å². The molecular weight excluding hydrogens is 214 g/mol. The van der Waals surface area contributed by atoms with Gasteiger partial charge in [0.15, 0.2) is 0 Å². The molecule has 3 nitrogen and oxygen atoms in total. The Kier molecular flexibility index (Phi) is 5.14. The zero-order valence-corrected chi connectivity index (χ0v) is 10.4. The number of rotatable bonds is 2. The maximum atomic E-state index is 11.4. The molecule has 3 heteroatoms. The zero-order valence-electron chi connectivity index (χ0n) is 10.4. The Morgan fingerprint density at radius 2 is 1.88 bits per heavy atom. The zero-order chi connectivity index (χ0) is 12.7. The topological polar surface area (TPSA) is 39.2 Å². The average Bonchev–Trinajstić information content (AvgIpc) is 2.41. The predicted octanol–water partition coefficient (Wildman–Crippen LogP) is 3.44. The molecule has 0 aliphatic heterocycles. The lowest BCUT2D eigenvalue weighted by molar-refractivity contribution is 0.0520. The van der Waals surface area contributed by atoms with Crippen LogP contribution in [0, 0.1) is 0 Å². The van der Waals surface area contributed by atoms with E-state index < -0.39 is 0 Å². The predicted molar refractivity (Wildman–Crippen MR) is 69.0 cm³/mol. The monoisotopic (exact) mass is 231 g/mol. The second kappa shape index (κ2) is 6.63. The average molecular weight is 231 g/mol. The number of carbonyl (C=O) groups excluding carboxylic acids is 1. The van der Waals surface area contributed by atoms with E-state index in [1.807, 2.05) is 44.2 Å². The van der Waals surface area contributed by atoms with Crippen molar-refractivity contribution in [2.45, 2.75) is 20.8 Å². The first-order valence-electron chi connectivity index (χ1n) is 5.84. The molecule has 1 aromatic carbocycles. The van der Waals surface area contributed by atoms with E-state index in [4.69, 9.17) is 4.74 Å². The summed E-state index contributed by atoms with van der Waals surface area (Å²) in [6, 6.07) is 11.2. The third-order valence-corrected chi connectivity index (χ3v) is 2.08. The Bertz CT molecular complexity index is 494. The summed E-state index contributed by atoms with van der Waals surface area (Å²) in [6.45, 7) is 6.15. The third kappa shape index (κ3) is 3.28. The van der Waals surface area contributed by atoms with Crippen molar-refractivity contribution in [2.24, 2.45) is 0 Å². The summed E-state index contributed by atoms with van der Waals surface area (Å²) < 4.78 is 4.88. The van der Waals surface area contributed by atoms with E-state index in [9.17, 15) is 4.79 Å². The van der Waals surface area contributed by atoms with Crippen molar-refractivity contribution >= 4 is 16.9 Å². The van der Waals surface area contributed by atoms with Gasteiger partial charge in [0.1, 0.15) is 5.69 Å². The first-order chi connectivity index (χ1) is 8.31. The minimum atomic E-state index is -0.372. The molecular formula is C14H17NO2. The van der Waals surface area contributed by atoms with Crippen LogP contribution >= 0.6 is 0 Å². The molecule has 0 aliphatic carbocycles. The lowest BCUT2D eigenvalue weighted by Crippen LogP contribution is -2.06. The molecule has 1 heterocycles. The van der Waals surface area contributed by atoms with Crippen LogP contribution in [0.3, 0.4) is 0 Å². The molecule has 0 fully saturated rings. The van der Waals surface area contributed by atoms with E-state index in [0.717, 1.165) is 10.9 Å². The highest BCUT2D eigenvalue weighted by Crippen LogP contribution is 2.12. The van der Waals surface area contributed by atoms with Gasteiger partial charge in [-0.3, -0.25) is 0 Å². The summed E-state index contributed by atoms with van der Waals surface area (Å²) >= 11 is 0. The molecule has 0 N–H and O–H groups in total. The maximum Gasteiger partial charge on any atom is 0.356 e. The van der Waals surface area contributed by atoms with Crippen molar-refractivity contribution in [3.63, 3.8) is 0 Å². The molecule has 0 saturated carbocycles. The quantitative estimate of drug-likeness (QED) is 0.743. The number of benzene rings is 1. The van der Waals surface area contributed by atoms with Gasteiger partial charge >= 0.3 is 5.97 Å². The van der Waals surface area contributed by atoms with Gasteiger partial charge in [0.2, 0.25) is 0 Å². The van der Waals surface area contributed by atoms with Gasteiger partial charge < -0.3 is 4.74 Å².